The van der Waals surface area contributed by atoms with Gasteiger partial charge in [-0.05, 0) is 42.5 Å². The molecule has 6 rings (SSSR count). The zero-order valence-corrected chi connectivity index (χ0v) is 20.8. The van der Waals surface area contributed by atoms with Crippen LogP contribution in [0.3, 0.4) is 0 Å². The van der Waals surface area contributed by atoms with Gasteiger partial charge in [0.25, 0.3) is 0 Å². The molecule has 0 saturated carbocycles. The molecule has 5 nitrogen and oxygen atoms in total. The van der Waals surface area contributed by atoms with Gasteiger partial charge >= 0.3 is 0 Å². The Balaban J connectivity index is 1.40. The number of benzene rings is 4. The number of halogens is 1. The maximum absolute atomic E-state index is 14.9. The second kappa shape index (κ2) is 10.8. The maximum atomic E-state index is 14.9. The molecule has 0 bridgehead atoms. The molecule has 6 aromatic rings. The Morgan fingerprint density at radius 3 is 2.18 bits per heavy atom. The number of rotatable bonds is 8. The van der Waals surface area contributed by atoms with Gasteiger partial charge in [-0.15, -0.1) is 4.73 Å². The molecule has 0 N–H and O–H groups in total. The van der Waals surface area contributed by atoms with Crippen molar-refractivity contribution in [3.05, 3.63) is 133 Å². The van der Waals surface area contributed by atoms with E-state index in [1.807, 2.05) is 91.0 Å². The number of fused-ring (bicyclic) bond motifs is 1. The van der Waals surface area contributed by atoms with Gasteiger partial charge in [-0.3, -0.25) is 0 Å². The van der Waals surface area contributed by atoms with Crippen molar-refractivity contribution in [3.8, 4) is 33.8 Å². The van der Waals surface area contributed by atoms with Crippen molar-refractivity contribution >= 4 is 23.1 Å². The summed E-state index contributed by atoms with van der Waals surface area (Å²) in [5, 5.41) is 0.704. The molecule has 0 aliphatic carbocycles. The van der Waals surface area contributed by atoms with Crippen LogP contribution in [0, 0.1) is 5.82 Å². The first-order chi connectivity index (χ1) is 18.8. The van der Waals surface area contributed by atoms with Gasteiger partial charge in [0, 0.05) is 38.7 Å². The van der Waals surface area contributed by atoms with Crippen LogP contribution in [0.2, 0.25) is 0 Å². The molecule has 0 saturated heterocycles. The molecule has 0 radical (unpaired) electrons. The second-order valence-electron chi connectivity index (χ2n) is 8.39. The molecule has 0 aliphatic heterocycles. The van der Waals surface area contributed by atoms with E-state index in [2.05, 4.69) is 4.98 Å². The zero-order chi connectivity index (χ0) is 25.7. The molecule has 2 aromatic heterocycles. The van der Waals surface area contributed by atoms with Crippen molar-refractivity contribution in [2.24, 2.45) is 0 Å². The van der Waals surface area contributed by atoms with Crippen LogP contribution in [0.5, 0.6) is 11.5 Å². The average Bonchev–Trinajstić information content (AvgIpc) is 3.32. The summed E-state index contributed by atoms with van der Waals surface area (Å²) < 4.78 is 27.9. The lowest BCUT2D eigenvalue weighted by molar-refractivity contribution is -0.188. The first kappa shape index (κ1) is 23.8. The average molecular weight is 521 g/mol. The van der Waals surface area contributed by atoms with Crippen molar-refractivity contribution in [1.82, 2.24) is 9.71 Å². The van der Waals surface area contributed by atoms with Crippen molar-refractivity contribution in [2.75, 3.05) is 0 Å². The van der Waals surface area contributed by atoms with E-state index in [0.717, 1.165) is 33.8 Å². The summed E-state index contributed by atoms with van der Waals surface area (Å²) in [6, 6.07) is 35.5. The van der Waals surface area contributed by atoms with Crippen LogP contribution >= 0.6 is 12.0 Å². The number of para-hydroxylation sites is 2. The number of aromatic nitrogens is 2. The number of ether oxygens (including phenoxy) is 1. The number of hydrogen-bond acceptors (Lipinski definition) is 5. The fourth-order valence-electron chi connectivity index (χ4n) is 4.15. The number of pyridine rings is 1. The highest BCUT2D eigenvalue weighted by Gasteiger charge is 2.18. The summed E-state index contributed by atoms with van der Waals surface area (Å²) >= 11 is 1.07. The Labute approximate surface area is 223 Å². The van der Waals surface area contributed by atoms with E-state index in [0.29, 0.717) is 27.9 Å². The summed E-state index contributed by atoms with van der Waals surface area (Å²) in [7, 11) is 0. The highest BCUT2D eigenvalue weighted by atomic mass is 32.2. The third kappa shape index (κ3) is 4.98. The second-order valence-corrected chi connectivity index (χ2v) is 9.17. The minimum atomic E-state index is -0.343. The van der Waals surface area contributed by atoms with E-state index in [9.17, 15) is 4.39 Å². The molecule has 7 heteroatoms. The van der Waals surface area contributed by atoms with Crippen molar-refractivity contribution in [1.29, 1.82) is 0 Å². The third-order valence-electron chi connectivity index (χ3n) is 5.93. The number of nitrogens with zero attached hydrogens (tertiary/aromatic N) is 2. The minimum Gasteiger partial charge on any atom is -0.457 e. The van der Waals surface area contributed by atoms with Crippen LogP contribution in [-0.4, -0.2) is 9.71 Å². The topological polar surface area (TPSA) is 45.5 Å². The van der Waals surface area contributed by atoms with Crippen LogP contribution < -0.4 is 9.73 Å². The first-order valence-electron chi connectivity index (χ1n) is 11.9. The first-order valence-corrected chi connectivity index (χ1v) is 12.7. The minimum absolute atomic E-state index is 0.343. The molecule has 0 atom stereocenters. The van der Waals surface area contributed by atoms with Crippen LogP contribution in [0.4, 0.5) is 4.39 Å². The van der Waals surface area contributed by atoms with Crippen LogP contribution in [0.25, 0.3) is 33.3 Å². The van der Waals surface area contributed by atoms with E-state index in [1.165, 1.54) is 10.8 Å². The van der Waals surface area contributed by atoms with E-state index < -0.39 is 0 Å². The third-order valence-corrected chi connectivity index (χ3v) is 6.52. The lowest BCUT2D eigenvalue weighted by Gasteiger charge is -2.11. The quantitative estimate of drug-likeness (QED) is 0.115. The Bertz CT molecular complexity index is 1690. The molecule has 38 heavy (non-hydrogen) atoms. The fourth-order valence-corrected chi connectivity index (χ4v) is 4.59. The summed E-state index contributed by atoms with van der Waals surface area (Å²) in [6.45, 7) is 0. The normalized spacial score (nSPS) is 11.0. The Morgan fingerprint density at radius 1 is 0.711 bits per heavy atom. The van der Waals surface area contributed by atoms with E-state index in [4.69, 9.17) is 14.1 Å². The van der Waals surface area contributed by atoms with Gasteiger partial charge in [0.05, 0.1) is 18.2 Å². The predicted octanol–water partition coefficient (Wildman–Crippen LogP) is 8.37. The molecule has 0 amide bonds. The molecule has 2 heterocycles. The van der Waals surface area contributed by atoms with Crippen molar-refractivity contribution in [3.63, 3.8) is 0 Å². The van der Waals surface area contributed by atoms with Gasteiger partial charge in [-0.1, -0.05) is 77.1 Å². The van der Waals surface area contributed by atoms with Gasteiger partial charge < -0.3 is 4.74 Å². The molecule has 0 fully saturated rings. The highest BCUT2D eigenvalue weighted by molar-refractivity contribution is 7.94. The SMILES string of the molecule is Fc1ccccc1-c1cn(OOSc2ccccc2)c2ncc(-c3ccccc3Oc3ccccc3)cc12. The van der Waals surface area contributed by atoms with Gasteiger partial charge in [0.15, 0.2) is 5.65 Å². The van der Waals surface area contributed by atoms with Gasteiger partial charge in [-0.2, -0.15) is 0 Å². The van der Waals surface area contributed by atoms with Crippen molar-refractivity contribution < 1.29 is 18.4 Å². The van der Waals surface area contributed by atoms with E-state index in [1.54, 1.807) is 30.6 Å². The van der Waals surface area contributed by atoms with Gasteiger partial charge in [0.2, 0.25) is 0 Å². The molecule has 0 aliphatic rings. The summed E-state index contributed by atoms with van der Waals surface area (Å²) in [5.74, 6) is 1.07. The molecular formula is C31H21FN2O3S. The van der Waals surface area contributed by atoms with E-state index in [-0.39, 0.29) is 5.82 Å². The summed E-state index contributed by atoms with van der Waals surface area (Å²) in [5.41, 5.74) is 3.22. The highest BCUT2D eigenvalue weighted by Crippen LogP contribution is 2.37. The molecule has 186 valence electrons. The molecule has 0 unspecified atom stereocenters. The monoisotopic (exact) mass is 520 g/mol. The standard InChI is InChI=1S/C31H21FN2O3S/c32-29-17-9-7-16-26(29)28-21-34(36-37-38-24-13-5-2-6-14-24)31-27(28)19-22(20-33-31)25-15-8-10-18-30(25)35-23-11-3-1-4-12-23/h1-21H. The van der Waals surface area contributed by atoms with Gasteiger partial charge in [0.1, 0.15) is 17.3 Å². The van der Waals surface area contributed by atoms with E-state index >= 15 is 0 Å². The smallest absolute Gasteiger partial charge is 0.179 e. The van der Waals surface area contributed by atoms with Gasteiger partial charge in [-0.25, -0.2) is 14.4 Å². The fraction of sp³-hybridized carbons (Fsp3) is 0. The Kier molecular flexibility index (Phi) is 6.76. The lowest BCUT2D eigenvalue weighted by atomic mass is 10.0. The Hall–Kier alpha value is -4.59. The summed E-state index contributed by atoms with van der Waals surface area (Å²) in [4.78, 5) is 11.1. The molecule has 0 spiro atoms. The van der Waals surface area contributed by atoms with Crippen LogP contribution in [0.1, 0.15) is 0 Å². The maximum Gasteiger partial charge on any atom is 0.179 e. The largest absolute Gasteiger partial charge is 0.457 e. The lowest BCUT2D eigenvalue weighted by Crippen LogP contribution is -2.07. The molecule has 4 aromatic carbocycles. The van der Waals surface area contributed by atoms with Crippen LogP contribution in [0.15, 0.2) is 133 Å². The summed E-state index contributed by atoms with van der Waals surface area (Å²) in [6.07, 6.45) is 3.42. The van der Waals surface area contributed by atoms with Crippen molar-refractivity contribution in [2.45, 2.75) is 4.90 Å². The zero-order valence-electron chi connectivity index (χ0n) is 20.0. The Morgan fingerprint density at radius 2 is 1.39 bits per heavy atom. The molecular weight excluding hydrogens is 499 g/mol. The number of hydrogen-bond donors (Lipinski definition) is 0. The van der Waals surface area contributed by atoms with Crippen LogP contribution in [-0.2, 0) is 4.33 Å². The predicted molar refractivity (Wildman–Crippen MR) is 147 cm³/mol.